The molecule has 8 nitrogen and oxygen atoms in total. The molecule has 0 N–H and O–H groups in total. The number of piperidine rings is 1. The molecular weight excluding hydrogens is 352 g/mol. The van der Waals surface area contributed by atoms with Crippen LogP contribution in [0.15, 0.2) is 11.4 Å². The Morgan fingerprint density at radius 1 is 1.23 bits per heavy atom. The lowest BCUT2D eigenvalue weighted by atomic mass is 10.1. The number of hydrogen-bond donors (Lipinski definition) is 0. The van der Waals surface area contributed by atoms with E-state index in [2.05, 4.69) is 15.3 Å². The summed E-state index contributed by atoms with van der Waals surface area (Å²) in [5, 5.41) is 13.7. The number of aryl methyl sites for hydroxylation is 1. The predicted molar refractivity (Wildman–Crippen MR) is 100 cm³/mol. The lowest BCUT2D eigenvalue weighted by Crippen LogP contribution is -2.36. The van der Waals surface area contributed by atoms with Crippen molar-refractivity contribution in [1.29, 1.82) is 0 Å². The summed E-state index contributed by atoms with van der Waals surface area (Å²) in [6, 6.07) is 0. The van der Waals surface area contributed by atoms with Crippen molar-refractivity contribution < 1.29 is 9.53 Å². The van der Waals surface area contributed by atoms with E-state index in [-0.39, 0.29) is 5.91 Å². The number of aromatic nitrogens is 5. The predicted octanol–water partition coefficient (Wildman–Crippen LogP) is 2.20. The van der Waals surface area contributed by atoms with Gasteiger partial charge in [-0.1, -0.05) is 11.8 Å². The molecule has 0 aromatic carbocycles. The van der Waals surface area contributed by atoms with Crippen molar-refractivity contribution in [2.24, 2.45) is 7.05 Å². The van der Waals surface area contributed by atoms with Gasteiger partial charge in [-0.2, -0.15) is 0 Å². The van der Waals surface area contributed by atoms with Crippen LogP contribution in [0.3, 0.4) is 0 Å². The van der Waals surface area contributed by atoms with E-state index in [4.69, 9.17) is 4.74 Å². The van der Waals surface area contributed by atoms with Crippen LogP contribution in [-0.2, 0) is 18.4 Å². The quantitative estimate of drug-likeness (QED) is 0.688. The SMILES string of the molecule is CCOc1nn(CC)cc1-c1nnc(SCC(=O)N2CCCCC2)n1C. The molecule has 0 radical (unpaired) electrons. The molecule has 1 aliphatic rings. The number of nitrogens with zero attached hydrogens (tertiary/aromatic N) is 6. The molecule has 0 unspecified atom stereocenters. The zero-order chi connectivity index (χ0) is 18.5. The molecular formula is C17H26N6O2S. The maximum absolute atomic E-state index is 12.4. The fourth-order valence-electron chi connectivity index (χ4n) is 3.00. The van der Waals surface area contributed by atoms with E-state index in [0.717, 1.165) is 43.2 Å². The summed E-state index contributed by atoms with van der Waals surface area (Å²) >= 11 is 1.43. The summed E-state index contributed by atoms with van der Waals surface area (Å²) < 4.78 is 9.35. The maximum atomic E-state index is 12.4. The van der Waals surface area contributed by atoms with Gasteiger partial charge in [0.15, 0.2) is 11.0 Å². The molecule has 2 aromatic heterocycles. The minimum absolute atomic E-state index is 0.174. The van der Waals surface area contributed by atoms with E-state index >= 15 is 0 Å². The van der Waals surface area contributed by atoms with Crippen LogP contribution in [0.4, 0.5) is 0 Å². The number of thioether (sulfide) groups is 1. The average molecular weight is 379 g/mol. The minimum Gasteiger partial charge on any atom is -0.476 e. The first-order valence-corrected chi connectivity index (χ1v) is 10.1. The second-order valence-corrected chi connectivity index (χ2v) is 7.17. The Labute approximate surface area is 157 Å². The van der Waals surface area contributed by atoms with Crippen molar-refractivity contribution in [3.8, 4) is 17.3 Å². The van der Waals surface area contributed by atoms with Crippen LogP contribution in [0.5, 0.6) is 5.88 Å². The van der Waals surface area contributed by atoms with Gasteiger partial charge in [0.1, 0.15) is 5.56 Å². The molecule has 0 bridgehead atoms. The number of hydrogen-bond acceptors (Lipinski definition) is 6. The lowest BCUT2D eigenvalue weighted by Gasteiger charge is -2.26. The van der Waals surface area contributed by atoms with Crippen molar-refractivity contribution in [1.82, 2.24) is 29.4 Å². The molecule has 1 amide bonds. The maximum Gasteiger partial charge on any atom is 0.243 e. The molecule has 1 saturated heterocycles. The summed E-state index contributed by atoms with van der Waals surface area (Å²) in [4.78, 5) is 14.3. The summed E-state index contributed by atoms with van der Waals surface area (Å²) in [5.74, 6) is 1.82. The van der Waals surface area contributed by atoms with E-state index in [1.807, 2.05) is 41.2 Å². The van der Waals surface area contributed by atoms with Gasteiger partial charge in [0.2, 0.25) is 11.8 Å². The number of likely N-dealkylation sites (tertiary alicyclic amines) is 1. The summed E-state index contributed by atoms with van der Waals surface area (Å²) in [5.41, 5.74) is 0.818. The third-order valence-corrected chi connectivity index (χ3v) is 5.45. The van der Waals surface area contributed by atoms with Crippen LogP contribution in [0, 0.1) is 0 Å². The van der Waals surface area contributed by atoms with Gasteiger partial charge in [0.05, 0.1) is 12.4 Å². The third kappa shape index (κ3) is 4.03. The van der Waals surface area contributed by atoms with E-state index in [1.165, 1.54) is 18.2 Å². The Balaban J connectivity index is 1.71. The van der Waals surface area contributed by atoms with Crippen LogP contribution >= 0.6 is 11.8 Å². The number of amides is 1. The molecule has 26 heavy (non-hydrogen) atoms. The first-order valence-electron chi connectivity index (χ1n) is 9.14. The highest BCUT2D eigenvalue weighted by atomic mass is 32.2. The van der Waals surface area contributed by atoms with Gasteiger partial charge in [-0.3, -0.25) is 9.48 Å². The van der Waals surface area contributed by atoms with Crippen molar-refractivity contribution in [2.75, 3.05) is 25.4 Å². The Kier molecular flexibility index (Phi) is 6.18. The molecule has 3 heterocycles. The van der Waals surface area contributed by atoms with Crippen LogP contribution < -0.4 is 4.74 Å². The molecule has 3 rings (SSSR count). The van der Waals surface area contributed by atoms with Crippen LogP contribution in [0.1, 0.15) is 33.1 Å². The van der Waals surface area contributed by atoms with Gasteiger partial charge in [-0.05, 0) is 33.1 Å². The first-order chi connectivity index (χ1) is 12.6. The molecule has 0 atom stereocenters. The highest BCUT2D eigenvalue weighted by Gasteiger charge is 2.21. The van der Waals surface area contributed by atoms with Crippen molar-refractivity contribution in [3.05, 3.63) is 6.20 Å². The van der Waals surface area contributed by atoms with Crippen molar-refractivity contribution in [3.63, 3.8) is 0 Å². The highest BCUT2D eigenvalue weighted by Crippen LogP contribution is 2.29. The highest BCUT2D eigenvalue weighted by molar-refractivity contribution is 7.99. The van der Waals surface area contributed by atoms with Gasteiger partial charge in [-0.15, -0.1) is 15.3 Å². The van der Waals surface area contributed by atoms with Gasteiger partial charge < -0.3 is 14.2 Å². The number of rotatable bonds is 7. The van der Waals surface area contributed by atoms with Gasteiger partial charge >= 0.3 is 0 Å². The van der Waals surface area contributed by atoms with Gasteiger partial charge in [0, 0.05) is 32.9 Å². The second kappa shape index (κ2) is 8.57. The molecule has 0 aliphatic carbocycles. The number of carbonyl (C=O) groups excluding carboxylic acids is 1. The normalized spacial score (nSPS) is 14.7. The smallest absolute Gasteiger partial charge is 0.243 e. The molecule has 2 aromatic rings. The average Bonchev–Trinajstić information content (AvgIpc) is 3.24. The molecule has 1 aliphatic heterocycles. The van der Waals surface area contributed by atoms with E-state index in [0.29, 0.717) is 24.1 Å². The van der Waals surface area contributed by atoms with Crippen molar-refractivity contribution >= 4 is 17.7 Å². The Bertz CT molecular complexity index is 751. The van der Waals surface area contributed by atoms with E-state index in [1.54, 1.807) is 0 Å². The minimum atomic E-state index is 0.174. The molecule has 0 saturated carbocycles. The van der Waals surface area contributed by atoms with Crippen LogP contribution in [0.2, 0.25) is 0 Å². The Morgan fingerprint density at radius 2 is 2.00 bits per heavy atom. The zero-order valence-electron chi connectivity index (χ0n) is 15.6. The molecule has 0 spiro atoms. The molecule has 9 heteroatoms. The monoisotopic (exact) mass is 378 g/mol. The summed E-state index contributed by atoms with van der Waals surface area (Å²) in [6.45, 7) is 6.99. The summed E-state index contributed by atoms with van der Waals surface area (Å²) in [6.07, 6.45) is 5.35. The molecule has 1 fully saturated rings. The van der Waals surface area contributed by atoms with Crippen LogP contribution in [0.25, 0.3) is 11.4 Å². The first kappa shape index (κ1) is 18.8. The van der Waals surface area contributed by atoms with Gasteiger partial charge in [-0.25, -0.2) is 0 Å². The summed E-state index contributed by atoms with van der Waals surface area (Å²) in [7, 11) is 1.90. The molecule has 142 valence electrons. The fraction of sp³-hybridized carbons (Fsp3) is 0.647. The third-order valence-electron chi connectivity index (χ3n) is 4.44. The fourth-order valence-corrected chi connectivity index (χ4v) is 3.81. The lowest BCUT2D eigenvalue weighted by molar-refractivity contribution is -0.129. The number of carbonyl (C=O) groups is 1. The number of ether oxygens (including phenoxy) is 1. The largest absolute Gasteiger partial charge is 0.476 e. The Morgan fingerprint density at radius 3 is 2.69 bits per heavy atom. The zero-order valence-corrected chi connectivity index (χ0v) is 16.5. The van der Waals surface area contributed by atoms with E-state index < -0.39 is 0 Å². The Hall–Kier alpha value is -2.03. The van der Waals surface area contributed by atoms with Gasteiger partial charge in [0.25, 0.3) is 0 Å². The van der Waals surface area contributed by atoms with Crippen LogP contribution in [-0.4, -0.2) is 60.8 Å². The topological polar surface area (TPSA) is 78.1 Å². The van der Waals surface area contributed by atoms with Crippen molar-refractivity contribution in [2.45, 2.75) is 44.8 Å². The van der Waals surface area contributed by atoms with E-state index in [9.17, 15) is 4.79 Å². The standard InChI is InChI=1S/C17H26N6O2S/c1-4-23-11-13(16(20-23)25-5-2)15-18-19-17(21(15)3)26-12-14(24)22-9-7-6-8-10-22/h11H,4-10,12H2,1-3H3. The second-order valence-electron chi connectivity index (χ2n) is 6.23.